The Morgan fingerprint density at radius 1 is 1.04 bits per heavy atom. The van der Waals surface area contributed by atoms with Gasteiger partial charge in [0, 0.05) is 11.8 Å². The van der Waals surface area contributed by atoms with Gasteiger partial charge < -0.3 is 0 Å². The van der Waals surface area contributed by atoms with Gasteiger partial charge in [-0.25, -0.2) is 0 Å². The lowest BCUT2D eigenvalue weighted by Crippen LogP contribution is -2.56. The van der Waals surface area contributed by atoms with E-state index in [4.69, 9.17) is 0 Å². The smallest absolute Gasteiger partial charge is 0.155 e. The molecule has 0 aliphatic heterocycles. The number of allylic oxidation sites excluding steroid dienone is 1. The Morgan fingerprint density at radius 2 is 1.82 bits per heavy atom. The molecule has 8 atom stereocenters. The lowest BCUT2D eigenvalue weighted by atomic mass is 9.43. The Bertz CT molecular complexity index is 750. The van der Waals surface area contributed by atoms with E-state index in [2.05, 4.69) is 20.8 Å². The van der Waals surface area contributed by atoms with Gasteiger partial charge >= 0.3 is 0 Å². The van der Waals surface area contributed by atoms with Crippen LogP contribution < -0.4 is 0 Å². The molecule has 0 aromatic heterocycles. The Kier molecular flexibility index (Phi) is 4.12. The van der Waals surface area contributed by atoms with E-state index in [1.807, 2.05) is 13.0 Å². The molecule has 0 saturated heterocycles. The predicted molar refractivity (Wildman–Crippen MR) is 112 cm³/mol. The fourth-order valence-corrected chi connectivity index (χ4v) is 9.78. The summed E-state index contributed by atoms with van der Waals surface area (Å²) in [4.78, 5) is 25.3. The van der Waals surface area contributed by atoms with Crippen molar-refractivity contribution >= 4 is 11.6 Å². The highest BCUT2D eigenvalue weighted by atomic mass is 16.1. The fourth-order valence-electron chi connectivity index (χ4n) is 9.78. The van der Waals surface area contributed by atoms with Gasteiger partial charge in [-0.3, -0.25) is 9.59 Å². The normalized spacial score (nSPS) is 52.8. The number of rotatable bonds is 1. The number of ketones is 2. The Balaban J connectivity index is 1.57. The summed E-state index contributed by atoms with van der Waals surface area (Å²) >= 11 is 0. The molecule has 0 N–H and O–H groups in total. The molecule has 0 amide bonds. The van der Waals surface area contributed by atoms with Crippen LogP contribution >= 0.6 is 0 Å². The summed E-state index contributed by atoms with van der Waals surface area (Å²) < 4.78 is 0. The fraction of sp³-hybridized carbons (Fsp3) is 0.846. The highest BCUT2D eigenvalue weighted by molar-refractivity contribution is 5.91. The minimum absolute atomic E-state index is 0.0380. The predicted octanol–water partition coefficient (Wildman–Crippen LogP) is 6.14. The topological polar surface area (TPSA) is 34.1 Å². The van der Waals surface area contributed by atoms with E-state index < -0.39 is 0 Å². The molecular weight excluding hydrogens is 344 g/mol. The zero-order valence-electron chi connectivity index (χ0n) is 18.4. The van der Waals surface area contributed by atoms with Crippen molar-refractivity contribution in [2.45, 2.75) is 91.9 Å². The number of hydrogen-bond donors (Lipinski definition) is 0. The van der Waals surface area contributed by atoms with E-state index in [0.717, 1.165) is 25.2 Å². The number of hydrogen-bond acceptors (Lipinski definition) is 2. The molecule has 0 spiro atoms. The van der Waals surface area contributed by atoms with Crippen molar-refractivity contribution in [1.29, 1.82) is 0 Å². The Morgan fingerprint density at radius 3 is 2.57 bits per heavy atom. The van der Waals surface area contributed by atoms with Crippen LogP contribution in [0.4, 0.5) is 0 Å². The molecule has 5 rings (SSSR count). The van der Waals surface area contributed by atoms with E-state index in [9.17, 15) is 9.59 Å². The van der Waals surface area contributed by atoms with Crippen molar-refractivity contribution < 1.29 is 9.59 Å². The first kappa shape index (κ1) is 19.1. The molecule has 2 nitrogen and oxygen atoms in total. The van der Waals surface area contributed by atoms with Crippen LogP contribution in [0.25, 0.3) is 0 Å². The van der Waals surface area contributed by atoms with E-state index in [1.165, 1.54) is 50.5 Å². The number of fused-ring (bicyclic) bond motifs is 7. The first-order chi connectivity index (χ1) is 13.2. The van der Waals surface area contributed by atoms with Crippen LogP contribution in [-0.2, 0) is 9.59 Å². The SMILES string of the molecule is CC(=O)[C@]12CCCC[C@@H]1C[C@@H]1[C@@H]3C[C@@H](C)C4=CC(=O)CC[C@]4(C)[C@H]3CC[C@@]12C. The molecule has 5 aliphatic rings. The summed E-state index contributed by atoms with van der Waals surface area (Å²) in [5.41, 5.74) is 1.84. The van der Waals surface area contributed by atoms with Crippen molar-refractivity contribution in [3.05, 3.63) is 11.6 Å². The maximum atomic E-state index is 13.2. The largest absolute Gasteiger partial charge is 0.299 e. The van der Waals surface area contributed by atoms with Gasteiger partial charge in [0.05, 0.1) is 0 Å². The zero-order valence-corrected chi connectivity index (χ0v) is 18.4. The zero-order chi connectivity index (χ0) is 19.9. The van der Waals surface area contributed by atoms with Crippen LogP contribution in [0.5, 0.6) is 0 Å². The summed E-state index contributed by atoms with van der Waals surface area (Å²) in [6, 6.07) is 0. The Hall–Kier alpha value is -0.920. The van der Waals surface area contributed by atoms with Crippen LogP contribution in [0.15, 0.2) is 11.6 Å². The average Bonchev–Trinajstić information content (AvgIpc) is 2.94. The molecule has 5 aliphatic carbocycles. The molecule has 0 radical (unpaired) electrons. The van der Waals surface area contributed by atoms with Crippen molar-refractivity contribution in [3.8, 4) is 0 Å². The molecule has 0 heterocycles. The summed E-state index contributed by atoms with van der Waals surface area (Å²) in [5.74, 6) is 4.16. The van der Waals surface area contributed by atoms with Gasteiger partial charge in [-0.15, -0.1) is 0 Å². The summed E-state index contributed by atoms with van der Waals surface area (Å²) in [7, 11) is 0. The first-order valence-electron chi connectivity index (χ1n) is 12.0. The second-order valence-electron chi connectivity index (χ2n) is 11.7. The lowest BCUT2D eigenvalue weighted by Gasteiger charge is -2.61. The van der Waals surface area contributed by atoms with Crippen LogP contribution in [0, 0.1) is 45.8 Å². The highest BCUT2D eigenvalue weighted by Gasteiger charge is 2.69. The van der Waals surface area contributed by atoms with Crippen LogP contribution in [0.2, 0.25) is 0 Å². The van der Waals surface area contributed by atoms with Crippen molar-refractivity contribution in [2.75, 3.05) is 0 Å². The minimum Gasteiger partial charge on any atom is -0.299 e. The molecule has 0 aromatic carbocycles. The van der Waals surface area contributed by atoms with Gasteiger partial charge in [0.1, 0.15) is 5.78 Å². The Labute approximate surface area is 170 Å². The highest BCUT2D eigenvalue weighted by Crippen LogP contribution is 2.74. The van der Waals surface area contributed by atoms with Crippen LogP contribution in [0.3, 0.4) is 0 Å². The minimum atomic E-state index is -0.0380. The summed E-state index contributed by atoms with van der Waals surface area (Å²) in [6.45, 7) is 9.28. The second kappa shape index (κ2) is 6.05. The lowest BCUT2D eigenvalue weighted by molar-refractivity contribution is -0.149. The maximum Gasteiger partial charge on any atom is 0.155 e. The third-order valence-electron chi connectivity index (χ3n) is 10.9. The quantitative estimate of drug-likeness (QED) is 0.546. The van der Waals surface area contributed by atoms with Gasteiger partial charge in [-0.1, -0.05) is 39.2 Å². The number of Topliss-reactive ketones (excluding diaryl/α,β-unsaturated/α-hetero) is 1. The molecular formula is C26H38O2. The molecule has 154 valence electrons. The van der Waals surface area contributed by atoms with Gasteiger partial charge in [-0.2, -0.15) is 0 Å². The van der Waals surface area contributed by atoms with E-state index in [0.29, 0.717) is 35.2 Å². The third-order valence-corrected chi connectivity index (χ3v) is 10.9. The molecule has 0 aromatic rings. The average molecular weight is 383 g/mol. The number of carbonyl (C=O) groups excluding carboxylic acids is 2. The molecule has 4 fully saturated rings. The standard InChI is InChI=1S/C26H38O2/c1-16-13-20-21(24(3)11-8-19(28)15-22(16)24)9-12-25(4)23(20)14-18-7-5-6-10-26(18,25)17(2)27/h15-16,18,20-21,23H,5-14H2,1-4H3/t16-,18-,20-,21+,23-,24-,25+,26-/m1/s1. The van der Waals surface area contributed by atoms with Gasteiger partial charge in [-0.05, 0) is 98.4 Å². The molecule has 0 bridgehead atoms. The molecule has 4 saturated carbocycles. The van der Waals surface area contributed by atoms with Gasteiger partial charge in [0.25, 0.3) is 0 Å². The molecule has 0 unspecified atom stereocenters. The van der Waals surface area contributed by atoms with Gasteiger partial charge in [0.15, 0.2) is 5.78 Å². The first-order valence-corrected chi connectivity index (χ1v) is 12.0. The molecule has 2 heteroatoms. The third kappa shape index (κ3) is 2.16. The van der Waals surface area contributed by atoms with Crippen LogP contribution in [0.1, 0.15) is 91.9 Å². The maximum absolute atomic E-state index is 13.2. The molecule has 28 heavy (non-hydrogen) atoms. The van der Waals surface area contributed by atoms with Crippen LogP contribution in [-0.4, -0.2) is 11.6 Å². The summed E-state index contributed by atoms with van der Waals surface area (Å²) in [5, 5.41) is 0. The van der Waals surface area contributed by atoms with Crippen molar-refractivity contribution in [1.82, 2.24) is 0 Å². The van der Waals surface area contributed by atoms with Crippen molar-refractivity contribution in [2.24, 2.45) is 45.8 Å². The monoisotopic (exact) mass is 382 g/mol. The van der Waals surface area contributed by atoms with E-state index in [-0.39, 0.29) is 16.2 Å². The number of carbonyl (C=O) groups is 2. The van der Waals surface area contributed by atoms with E-state index >= 15 is 0 Å². The second-order valence-corrected chi connectivity index (χ2v) is 11.7. The van der Waals surface area contributed by atoms with E-state index in [1.54, 1.807) is 0 Å². The van der Waals surface area contributed by atoms with Gasteiger partial charge in [0.2, 0.25) is 0 Å². The van der Waals surface area contributed by atoms with Crippen molar-refractivity contribution in [3.63, 3.8) is 0 Å². The summed E-state index contributed by atoms with van der Waals surface area (Å²) in [6.07, 6.45) is 13.8.